The number of thioether (sulfide) groups is 1. The number of nitrogens with zero attached hydrogens (tertiary/aromatic N) is 1. The Labute approximate surface area is 221 Å². The summed E-state index contributed by atoms with van der Waals surface area (Å²) in [4.78, 5) is 28.3. The number of rotatable bonds is 5. The molecule has 1 aliphatic heterocycles. The molecule has 2 heterocycles. The lowest BCUT2D eigenvalue weighted by Crippen LogP contribution is -2.30. The van der Waals surface area contributed by atoms with Crippen molar-refractivity contribution in [1.82, 2.24) is 4.90 Å². The third kappa shape index (κ3) is 4.77. The van der Waals surface area contributed by atoms with Gasteiger partial charge < -0.3 is 4.74 Å². The zero-order valence-corrected chi connectivity index (χ0v) is 21.6. The standard InChI is InChI=1S/C27H18ClNO3S3/c1-16(18-7-3-2-4-8-18)29-25(30)22(35-27(29)33)15-17-11-13-19(14-12-17)32-26(31)24-23(28)20-9-5-6-10-21(20)34-24/h2-16H,1H3/b22-15-/t16-/m0/s1. The molecule has 8 heteroatoms. The first-order valence-electron chi connectivity index (χ1n) is 10.7. The summed E-state index contributed by atoms with van der Waals surface area (Å²) in [5, 5.41) is 1.24. The van der Waals surface area contributed by atoms with Crippen LogP contribution < -0.4 is 4.74 Å². The van der Waals surface area contributed by atoms with Crippen LogP contribution in [0.1, 0.15) is 33.8 Å². The van der Waals surface area contributed by atoms with Crippen LogP contribution in [0.25, 0.3) is 16.2 Å². The molecule has 1 atom stereocenters. The SMILES string of the molecule is C[C@@H](c1ccccc1)N1C(=O)/C(=C/c2ccc(OC(=O)c3sc4ccccc4c3Cl)cc2)SC1=S. The number of thiocarbonyl (C=S) groups is 1. The van der Waals surface area contributed by atoms with E-state index in [0.717, 1.165) is 21.2 Å². The van der Waals surface area contributed by atoms with Gasteiger partial charge in [0, 0.05) is 10.1 Å². The molecule has 5 rings (SSSR count). The van der Waals surface area contributed by atoms with E-state index < -0.39 is 5.97 Å². The lowest BCUT2D eigenvalue weighted by molar-refractivity contribution is -0.123. The smallest absolute Gasteiger partial charge is 0.355 e. The van der Waals surface area contributed by atoms with Gasteiger partial charge in [0.05, 0.1) is 16.0 Å². The molecular formula is C27H18ClNO3S3. The molecule has 174 valence electrons. The number of benzene rings is 3. The molecule has 0 aliphatic carbocycles. The summed E-state index contributed by atoms with van der Waals surface area (Å²) >= 11 is 14.5. The van der Waals surface area contributed by atoms with Gasteiger partial charge in [-0.2, -0.15) is 0 Å². The van der Waals surface area contributed by atoms with Gasteiger partial charge in [-0.15, -0.1) is 11.3 Å². The molecule has 0 bridgehead atoms. The molecule has 0 N–H and O–H groups in total. The average Bonchev–Trinajstić information content (AvgIpc) is 3.36. The van der Waals surface area contributed by atoms with E-state index in [9.17, 15) is 9.59 Å². The summed E-state index contributed by atoms with van der Waals surface area (Å²) in [6.45, 7) is 1.97. The maximum atomic E-state index is 13.1. The van der Waals surface area contributed by atoms with Crippen molar-refractivity contribution in [1.29, 1.82) is 0 Å². The summed E-state index contributed by atoms with van der Waals surface area (Å²) in [6.07, 6.45) is 1.80. The second-order valence-corrected chi connectivity index (χ2v) is 10.9. The van der Waals surface area contributed by atoms with Crippen molar-refractivity contribution in [3.63, 3.8) is 0 Å². The number of halogens is 1. The first-order valence-corrected chi connectivity index (χ1v) is 13.2. The van der Waals surface area contributed by atoms with Gasteiger partial charge in [0.15, 0.2) is 0 Å². The molecule has 4 nitrogen and oxygen atoms in total. The summed E-state index contributed by atoms with van der Waals surface area (Å²) in [5.74, 6) is -0.225. The number of fused-ring (bicyclic) bond motifs is 1. The van der Waals surface area contributed by atoms with E-state index >= 15 is 0 Å². The Morgan fingerprint density at radius 3 is 2.43 bits per heavy atom. The van der Waals surface area contributed by atoms with Crippen molar-refractivity contribution < 1.29 is 14.3 Å². The minimum atomic E-state index is -0.500. The molecule has 1 fully saturated rings. The Morgan fingerprint density at radius 1 is 1.03 bits per heavy atom. The number of hydrogen-bond donors (Lipinski definition) is 0. The van der Waals surface area contributed by atoms with Crippen LogP contribution in [0, 0.1) is 0 Å². The van der Waals surface area contributed by atoms with Gasteiger partial charge in [-0.3, -0.25) is 9.69 Å². The highest BCUT2D eigenvalue weighted by Crippen LogP contribution is 2.38. The Balaban J connectivity index is 1.30. The monoisotopic (exact) mass is 535 g/mol. The quantitative estimate of drug-likeness (QED) is 0.113. The van der Waals surface area contributed by atoms with Crippen molar-refractivity contribution in [2.75, 3.05) is 0 Å². The predicted molar refractivity (Wildman–Crippen MR) is 148 cm³/mol. The number of carbonyl (C=O) groups is 2. The third-order valence-electron chi connectivity index (χ3n) is 5.60. The number of carbonyl (C=O) groups excluding carboxylic acids is 2. The lowest BCUT2D eigenvalue weighted by Gasteiger charge is -2.23. The molecule has 1 amide bonds. The minimum absolute atomic E-state index is 0.119. The molecule has 1 aromatic heterocycles. The molecule has 0 unspecified atom stereocenters. The fraction of sp³-hybridized carbons (Fsp3) is 0.0741. The second-order valence-electron chi connectivity index (χ2n) is 7.84. The average molecular weight is 536 g/mol. The number of amides is 1. The Morgan fingerprint density at radius 2 is 1.71 bits per heavy atom. The maximum absolute atomic E-state index is 13.1. The van der Waals surface area contributed by atoms with Gasteiger partial charge in [0.2, 0.25) is 0 Å². The van der Waals surface area contributed by atoms with Crippen LogP contribution in [0.15, 0.2) is 83.8 Å². The molecule has 4 aromatic rings. The highest BCUT2D eigenvalue weighted by molar-refractivity contribution is 8.26. The molecule has 3 aromatic carbocycles. The van der Waals surface area contributed by atoms with E-state index in [2.05, 4.69) is 0 Å². The van der Waals surface area contributed by atoms with Crippen LogP contribution in [-0.2, 0) is 4.79 Å². The van der Waals surface area contributed by atoms with Crippen molar-refractivity contribution >= 4 is 79.3 Å². The number of thiophene rings is 1. The van der Waals surface area contributed by atoms with Crippen LogP contribution in [0.2, 0.25) is 5.02 Å². The molecule has 0 spiro atoms. The van der Waals surface area contributed by atoms with Crippen LogP contribution in [0.4, 0.5) is 0 Å². The van der Waals surface area contributed by atoms with E-state index in [1.54, 1.807) is 35.2 Å². The van der Waals surface area contributed by atoms with E-state index in [4.69, 9.17) is 28.6 Å². The maximum Gasteiger partial charge on any atom is 0.355 e. The predicted octanol–water partition coefficient (Wildman–Crippen LogP) is 7.74. The fourth-order valence-electron chi connectivity index (χ4n) is 3.78. The van der Waals surface area contributed by atoms with E-state index in [-0.39, 0.29) is 11.9 Å². The lowest BCUT2D eigenvalue weighted by atomic mass is 10.1. The van der Waals surface area contributed by atoms with Crippen molar-refractivity contribution in [3.8, 4) is 5.75 Å². The van der Waals surface area contributed by atoms with E-state index in [1.165, 1.54) is 23.1 Å². The van der Waals surface area contributed by atoms with E-state index in [1.807, 2.05) is 61.5 Å². The van der Waals surface area contributed by atoms with Gasteiger partial charge in [-0.25, -0.2) is 4.79 Å². The summed E-state index contributed by atoms with van der Waals surface area (Å²) in [6, 6.07) is 24.2. The molecule has 0 saturated carbocycles. The molecular weight excluding hydrogens is 518 g/mol. The first kappa shape index (κ1) is 23.8. The van der Waals surface area contributed by atoms with Crippen molar-refractivity contribution in [2.45, 2.75) is 13.0 Å². The third-order valence-corrected chi connectivity index (χ3v) is 8.59. The number of ether oxygens (including phenoxy) is 1. The second kappa shape index (κ2) is 9.95. The molecule has 0 radical (unpaired) electrons. The summed E-state index contributed by atoms with van der Waals surface area (Å²) < 4.78 is 7.00. The van der Waals surface area contributed by atoms with Crippen LogP contribution in [-0.4, -0.2) is 21.1 Å². The van der Waals surface area contributed by atoms with Gasteiger partial charge in [0.1, 0.15) is 14.9 Å². The number of esters is 1. The van der Waals surface area contributed by atoms with Gasteiger partial charge >= 0.3 is 5.97 Å². The van der Waals surface area contributed by atoms with Crippen LogP contribution >= 0.6 is 46.9 Å². The number of hydrogen-bond acceptors (Lipinski definition) is 6. The zero-order chi connectivity index (χ0) is 24.5. The molecule has 35 heavy (non-hydrogen) atoms. The molecule has 1 aliphatic rings. The Hall–Kier alpha value is -2.97. The first-order chi connectivity index (χ1) is 16.9. The van der Waals surface area contributed by atoms with Gasteiger partial charge in [0.25, 0.3) is 5.91 Å². The highest BCUT2D eigenvalue weighted by Gasteiger charge is 2.35. The van der Waals surface area contributed by atoms with Crippen molar-refractivity contribution in [3.05, 3.63) is 105 Å². The Bertz CT molecular complexity index is 1480. The Kier molecular flexibility index (Phi) is 6.75. The van der Waals surface area contributed by atoms with E-state index in [0.29, 0.717) is 24.9 Å². The minimum Gasteiger partial charge on any atom is -0.422 e. The van der Waals surface area contributed by atoms with Gasteiger partial charge in [-0.05, 0) is 42.3 Å². The molecule has 1 saturated heterocycles. The normalized spacial score (nSPS) is 15.7. The fourth-order valence-corrected chi connectivity index (χ4v) is 6.58. The topological polar surface area (TPSA) is 46.6 Å². The van der Waals surface area contributed by atoms with Crippen molar-refractivity contribution in [2.24, 2.45) is 0 Å². The van der Waals surface area contributed by atoms with Gasteiger partial charge in [-0.1, -0.05) is 96.2 Å². The summed E-state index contributed by atoms with van der Waals surface area (Å²) in [5.41, 5.74) is 1.83. The van der Waals surface area contributed by atoms with Crippen LogP contribution in [0.5, 0.6) is 5.75 Å². The highest BCUT2D eigenvalue weighted by atomic mass is 35.5. The summed E-state index contributed by atoms with van der Waals surface area (Å²) in [7, 11) is 0. The largest absolute Gasteiger partial charge is 0.422 e. The zero-order valence-electron chi connectivity index (χ0n) is 18.4. The van der Waals surface area contributed by atoms with Crippen LogP contribution in [0.3, 0.4) is 0 Å².